The molecule has 23 heavy (non-hydrogen) atoms. The molecule has 0 amide bonds. The van der Waals surface area contributed by atoms with Crippen LogP contribution in [0.15, 0.2) is 24.3 Å². The number of ketones is 1. The second kappa shape index (κ2) is 6.49. The van der Waals surface area contributed by atoms with Crippen molar-refractivity contribution in [3.05, 3.63) is 45.8 Å². The summed E-state index contributed by atoms with van der Waals surface area (Å²) < 4.78 is 25.0. The summed E-state index contributed by atoms with van der Waals surface area (Å²) >= 11 is 0. The summed E-state index contributed by atoms with van der Waals surface area (Å²) in [7, 11) is -3.59. The Balaban J connectivity index is 2.72. The molecule has 0 bridgehead atoms. The first-order chi connectivity index (χ1) is 10.8. The molecule has 1 aromatic carbocycles. The molecule has 7 nitrogen and oxygen atoms in total. The Kier molecular flexibility index (Phi) is 4.84. The van der Waals surface area contributed by atoms with Crippen LogP contribution in [0, 0.1) is 10.1 Å². The fraction of sp³-hybridized carbons (Fsp3) is 0.400. The topological polar surface area (TPSA) is 102 Å². The van der Waals surface area contributed by atoms with Gasteiger partial charge in [-0.3, -0.25) is 4.79 Å². The number of fused-ring (bicyclic) bond motifs is 1. The highest BCUT2D eigenvalue weighted by Gasteiger charge is 2.29. The van der Waals surface area contributed by atoms with Crippen molar-refractivity contribution < 1.29 is 17.6 Å². The van der Waals surface area contributed by atoms with Gasteiger partial charge in [0.05, 0.1) is 15.9 Å². The third-order valence-corrected chi connectivity index (χ3v) is 5.16. The molecule has 0 unspecified atom stereocenters. The molecule has 0 aliphatic carbocycles. The van der Waals surface area contributed by atoms with E-state index in [2.05, 4.69) is 0 Å². The smallest absolute Gasteiger partial charge is 0.325 e. The number of carbonyl (C=O) groups excluding carboxylic acids is 1. The van der Waals surface area contributed by atoms with Gasteiger partial charge in [-0.05, 0) is 12.5 Å². The first-order valence-corrected chi connectivity index (χ1v) is 9.08. The normalized spacial score (nSPS) is 11.7. The molecular formula is C15H18N2O5S. The van der Waals surface area contributed by atoms with Gasteiger partial charge in [-0.1, -0.05) is 25.5 Å². The van der Waals surface area contributed by atoms with E-state index in [-0.39, 0.29) is 22.5 Å². The van der Waals surface area contributed by atoms with Gasteiger partial charge < -0.3 is 9.94 Å². The summed E-state index contributed by atoms with van der Waals surface area (Å²) in [5.41, 5.74) is -0.670. The summed E-state index contributed by atoms with van der Waals surface area (Å²) in [4.78, 5) is 24.2. The maximum absolute atomic E-state index is 12.5. The minimum Gasteiger partial charge on any atom is -0.805 e. The average molecular weight is 338 g/mol. The Morgan fingerprint density at radius 2 is 1.96 bits per heavy atom. The molecule has 2 rings (SSSR count). The second-order valence-electron chi connectivity index (χ2n) is 5.37. The molecule has 0 saturated heterocycles. The predicted molar refractivity (Wildman–Crippen MR) is 86.5 cm³/mol. The molecular weight excluding hydrogens is 320 g/mol. The number of unbranched alkanes of at least 4 members (excludes halogenated alkanes) is 1. The van der Waals surface area contributed by atoms with E-state index < -0.39 is 27.1 Å². The zero-order valence-corrected chi connectivity index (χ0v) is 13.8. The Morgan fingerprint density at radius 3 is 2.57 bits per heavy atom. The van der Waals surface area contributed by atoms with Crippen LogP contribution in [0.3, 0.4) is 0 Å². The molecule has 0 atom stereocenters. The molecule has 0 radical (unpaired) electrons. The SMILES string of the molecule is CCCCS(=O)(=O)Cc1c(C(C)=O)[n+](=O)c2ccccc2n1[O-]. The number of sulfone groups is 1. The van der Waals surface area contributed by atoms with Crippen molar-refractivity contribution in [3.63, 3.8) is 0 Å². The van der Waals surface area contributed by atoms with Gasteiger partial charge in [0.2, 0.25) is 5.78 Å². The minimum absolute atomic E-state index is 0.0300. The lowest BCUT2D eigenvalue weighted by molar-refractivity contribution is -0.468. The third kappa shape index (κ3) is 3.42. The van der Waals surface area contributed by atoms with Crippen LogP contribution in [0.2, 0.25) is 0 Å². The van der Waals surface area contributed by atoms with Crippen molar-refractivity contribution in [1.29, 1.82) is 0 Å². The van der Waals surface area contributed by atoms with E-state index in [1.807, 2.05) is 6.92 Å². The number of rotatable bonds is 6. The number of para-hydroxylation sites is 2. The monoisotopic (exact) mass is 338 g/mol. The molecule has 2 aromatic rings. The van der Waals surface area contributed by atoms with Crippen molar-refractivity contribution in [2.24, 2.45) is 0 Å². The van der Waals surface area contributed by atoms with E-state index in [1.165, 1.54) is 12.1 Å². The van der Waals surface area contributed by atoms with Crippen LogP contribution < -0.4 is 4.43 Å². The Morgan fingerprint density at radius 1 is 1.30 bits per heavy atom. The van der Waals surface area contributed by atoms with Crippen LogP contribution in [0.5, 0.6) is 0 Å². The van der Waals surface area contributed by atoms with Gasteiger partial charge >= 0.3 is 5.69 Å². The first kappa shape index (κ1) is 17.1. The molecule has 0 fully saturated rings. The van der Waals surface area contributed by atoms with Crippen molar-refractivity contribution in [2.45, 2.75) is 32.4 Å². The summed E-state index contributed by atoms with van der Waals surface area (Å²) in [6.07, 6.45) is 1.15. The van der Waals surface area contributed by atoms with E-state index in [0.717, 1.165) is 6.92 Å². The Labute approximate surface area is 133 Å². The standard InChI is InChI=1S/C15H18N2O5S/c1-3-4-9-23(21,22)10-14-15(11(2)18)17(20)13-8-6-5-7-12(13)16(14)19/h5-8H,3-4,9-10H2,1-2H3. The molecule has 1 heterocycles. The number of carbonyl (C=O) groups is 1. The van der Waals surface area contributed by atoms with Crippen molar-refractivity contribution in [3.8, 4) is 0 Å². The number of Topliss-reactive ketones (excluding diaryl/α,β-unsaturated/α-hetero) is 1. The van der Waals surface area contributed by atoms with Gasteiger partial charge in [-0.25, -0.2) is 8.42 Å². The number of benzene rings is 1. The van der Waals surface area contributed by atoms with Crippen LogP contribution in [0.25, 0.3) is 11.0 Å². The van der Waals surface area contributed by atoms with E-state index in [0.29, 0.717) is 22.0 Å². The van der Waals surface area contributed by atoms with Gasteiger partial charge in [0.15, 0.2) is 9.84 Å². The number of hydrogen-bond donors (Lipinski definition) is 0. The molecule has 0 saturated carbocycles. The van der Waals surface area contributed by atoms with Gasteiger partial charge in [-0.2, -0.15) is 0 Å². The van der Waals surface area contributed by atoms with E-state index in [1.54, 1.807) is 12.1 Å². The largest absolute Gasteiger partial charge is 0.805 e. The molecule has 0 N–H and O–H groups in total. The number of aromatic nitrogens is 2. The maximum Gasteiger partial charge on any atom is 0.325 e. The van der Waals surface area contributed by atoms with E-state index in [4.69, 9.17) is 0 Å². The summed E-state index contributed by atoms with van der Waals surface area (Å²) in [6, 6.07) is 5.97. The molecule has 124 valence electrons. The Bertz CT molecular complexity index is 915. The first-order valence-electron chi connectivity index (χ1n) is 7.26. The van der Waals surface area contributed by atoms with Crippen LogP contribution in [-0.2, 0) is 15.6 Å². The number of nitrogens with zero attached hydrogens (tertiary/aromatic N) is 2. The summed E-state index contributed by atoms with van der Waals surface area (Å²) in [6.45, 7) is 2.99. The zero-order valence-electron chi connectivity index (χ0n) is 13.0. The van der Waals surface area contributed by atoms with Gasteiger partial charge in [-0.15, -0.1) is 0 Å². The van der Waals surface area contributed by atoms with E-state index in [9.17, 15) is 23.3 Å². The Hall–Kier alpha value is -2.22. The fourth-order valence-corrected chi connectivity index (χ4v) is 3.95. The fourth-order valence-electron chi connectivity index (χ4n) is 2.40. The molecule has 1 aromatic heterocycles. The highest BCUT2D eigenvalue weighted by atomic mass is 32.2. The van der Waals surface area contributed by atoms with Crippen LogP contribution in [0.1, 0.15) is 42.9 Å². The highest BCUT2D eigenvalue weighted by Crippen LogP contribution is 2.18. The summed E-state index contributed by atoms with van der Waals surface area (Å²) in [5.74, 6) is -1.36. The lowest BCUT2D eigenvalue weighted by atomic mass is 10.2. The lowest BCUT2D eigenvalue weighted by Crippen LogP contribution is -2.31. The third-order valence-electron chi connectivity index (χ3n) is 3.54. The molecule has 0 spiro atoms. The minimum atomic E-state index is -3.59. The van der Waals surface area contributed by atoms with Crippen LogP contribution in [-0.4, -0.2) is 24.7 Å². The van der Waals surface area contributed by atoms with Crippen LogP contribution in [0.4, 0.5) is 0 Å². The average Bonchev–Trinajstić information content (AvgIpc) is 2.50. The number of hydrogen-bond acceptors (Lipinski definition) is 5. The van der Waals surface area contributed by atoms with E-state index >= 15 is 0 Å². The lowest BCUT2D eigenvalue weighted by Gasteiger charge is -2.18. The molecule has 0 aliphatic rings. The highest BCUT2D eigenvalue weighted by molar-refractivity contribution is 7.90. The van der Waals surface area contributed by atoms with Crippen LogP contribution >= 0.6 is 0 Å². The second-order valence-corrected chi connectivity index (χ2v) is 7.56. The van der Waals surface area contributed by atoms with Gasteiger partial charge in [0, 0.05) is 17.9 Å². The quantitative estimate of drug-likeness (QED) is 0.590. The zero-order chi connectivity index (χ0) is 17.2. The predicted octanol–water partition coefficient (Wildman–Crippen LogP) is 1.82. The van der Waals surface area contributed by atoms with Crippen molar-refractivity contribution in [2.75, 3.05) is 5.75 Å². The summed E-state index contributed by atoms with van der Waals surface area (Å²) in [5, 5.41) is 12.5. The van der Waals surface area contributed by atoms with Gasteiger partial charge in [0.1, 0.15) is 11.2 Å². The van der Waals surface area contributed by atoms with Gasteiger partial charge in [0.25, 0.3) is 5.52 Å². The van der Waals surface area contributed by atoms with Crippen molar-refractivity contribution >= 4 is 26.7 Å². The molecule has 8 heteroatoms. The molecule has 0 aliphatic heterocycles. The van der Waals surface area contributed by atoms with Crippen molar-refractivity contribution in [1.82, 2.24) is 4.73 Å². The maximum atomic E-state index is 12.5.